The minimum Gasteiger partial charge on any atom is -0.309 e. The first-order chi connectivity index (χ1) is 13.6. The Morgan fingerprint density at radius 2 is 1.86 bits per heavy atom. The number of alkyl halides is 3. The highest BCUT2D eigenvalue weighted by Crippen LogP contribution is 2.31. The second kappa shape index (κ2) is 7.66. The minimum absolute atomic E-state index is 0.0752. The van der Waals surface area contributed by atoms with Gasteiger partial charge < -0.3 is 4.98 Å². The number of hydrogen-bond acceptors (Lipinski definition) is 5. The molecule has 3 aromatic rings. The zero-order valence-corrected chi connectivity index (χ0v) is 16.0. The summed E-state index contributed by atoms with van der Waals surface area (Å²) >= 11 is 1.31. The van der Waals surface area contributed by atoms with E-state index < -0.39 is 29.1 Å². The predicted molar refractivity (Wildman–Crippen MR) is 100 cm³/mol. The van der Waals surface area contributed by atoms with E-state index in [0.29, 0.717) is 10.2 Å². The number of benzene rings is 1. The number of carbonyl (C=O) groups is 2. The number of amides is 2. The van der Waals surface area contributed by atoms with E-state index in [1.54, 1.807) is 6.92 Å². The van der Waals surface area contributed by atoms with E-state index in [2.05, 4.69) is 9.97 Å². The maximum Gasteiger partial charge on any atom is 0.417 e. The van der Waals surface area contributed by atoms with Crippen LogP contribution in [0.4, 0.5) is 13.2 Å². The summed E-state index contributed by atoms with van der Waals surface area (Å²) in [6.07, 6.45) is -5.09. The van der Waals surface area contributed by atoms with Gasteiger partial charge in [0.15, 0.2) is 0 Å². The summed E-state index contributed by atoms with van der Waals surface area (Å²) < 4.78 is 38.9. The maximum absolute atomic E-state index is 13.0. The smallest absolute Gasteiger partial charge is 0.309 e. The molecule has 1 aromatic carbocycles. The number of carbonyl (C=O) groups excluding carboxylic acids is 2. The van der Waals surface area contributed by atoms with Crippen molar-refractivity contribution in [1.29, 1.82) is 0 Å². The summed E-state index contributed by atoms with van der Waals surface area (Å²) in [5, 5.41) is 0.453. The Labute approximate surface area is 165 Å². The Hall–Kier alpha value is -3.21. The minimum atomic E-state index is -4.71. The number of fused-ring (bicyclic) bond motifs is 1. The van der Waals surface area contributed by atoms with Gasteiger partial charge >= 0.3 is 6.18 Å². The molecule has 0 fully saturated rings. The summed E-state index contributed by atoms with van der Waals surface area (Å²) in [5.41, 5.74) is 2.65. The van der Waals surface area contributed by atoms with Crippen molar-refractivity contribution in [2.45, 2.75) is 26.4 Å². The molecule has 3 N–H and O–H groups in total. The topological polar surface area (TPSA) is 104 Å². The largest absolute Gasteiger partial charge is 0.417 e. The van der Waals surface area contributed by atoms with Crippen LogP contribution in [0.1, 0.15) is 32.2 Å². The Morgan fingerprint density at radius 3 is 2.55 bits per heavy atom. The van der Waals surface area contributed by atoms with Crippen molar-refractivity contribution in [2.75, 3.05) is 0 Å². The normalized spacial score (nSPS) is 11.5. The van der Waals surface area contributed by atoms with E-state index in [1.165, 1.54) is 17.4 Å². The number of aryl methyl sites for hydroxylation is 2. The zero-order valence-electron chi connectivity index (χ0n) is 15.2. The highest BCUT2D eigenvalue weighted by molar-refractivity contribution is 7.18. The summed E-state index contributed by atoms with van der Waals surface area (Å²) in [4.78, 5) is 44.4. The molecule has 2 heterocycles. The first-order valence-corrected chi connectivity index (χ1v) is 9.14. The lowest BCUT2D eigenvalue weighted by atomic mass is 10.1. The molecule has 7 nitrogen and oxygen atoms in total. The molecule has 0 atom stereocenters. The first kappa shape index (κ1) is 20.5. The molecular formula is C18H15F3N4O3S. The lowest BCUT2D eigenvalue weighted by Crippen LogP contribution is -2.43. The molecule has 2 aromatic heterocycles. The highest BCUT2D eigenvalue weighted by atomic mass is 32.1. The van der Waals surface area contributed by atoms with Crippen molar-refractivity contribution < 1.29 is 22.8 Å². The Bertz CT molecular complexity index is 1170. The SMILES string of the molecule is Cc1sc2nc(CC(=O)NNC(=O)c3ccccc3C(F)(F)F)[nH]c(=O)c2c1C. The number of aromatic nitrogens is 2. The number of H-pyrrole nitrogens is 1. The zero-order chi connectivity index (χ0) is 21.3. The van der Waals surface area contributed by atoms with Crippen molar-refractivity contribution in [3.8, 4) is 0 Å². The number of rotatable bonds is 3. The Kier molecular flexibility index (Phi) is 5.42. The van der Waals surface area contributed by atoms with Crippen LogP contribution in [0.5, 0.6) is 0 Å². The van der Waals surface area contributed by atoms with Gasteiger partial charge in [0.2, 0.25) is 5.91 Å². The van der Waals surface area contributed by atoms with Crippen LogP contribution in [0.2, 0.25) is 0 Å². The van der Waals surface area contributed by atoms with Crippen molar-refractivity contribution in [1.82, 2.24) is 20.8 Å². The number of hydrazine groups is 1. The molecule has 11 heteroatoms. The average molecular weight is 424 g/mol. The molecule has 0 saturated carbocycles. The number of nitrogens with one attached hydrogen (secondary N) is 3. The van der Waals surface area contributed by atoms with Gasteiger partial charge in [-0.25, -0.2) is 4.98 Å². The van der Waals surface area contributed by atoms with Crippen molar-refractivity contribution in [3.63, 3.8) is 0 Å². The van der Waals surface area contributed by atoms with Crippen molar-refractivity contribution in [2.24, 2.45) is 0 Å². The second-order valence-electron chi connectivity index (χ2n) is 6.20. The van der Waals surface area contributed by atoms with E-state index in [4.69, 9.17) is 0 Å². The van der Waals surface area contributed by atoms with Crippen LogP contribution in [-0.4, -0.2) is 21.8 Å². The first-order valence-electron chi connectivity index (χ1n) is 8.32. The van der Waals surface area contributed by atoms with E-state index in [-0.39, 0.29) is 17.8 Å². The van der Waals surface area contributed by atoms with Crippen molar-refractivity contribution >= 4 is 33.4 Å². The van der Waals surface area contributed by atoms with Gasteiger partial charge in [0, 0.05) is 4.88 Å². The van der Waals surface area contributed by atoms with Gasteiger partial charge in [-0.15, -0.1) is 11.3 Å². The second-order valence-corrected chi connectivity index (χ2v) is 7.40. The third-order valence-corrected chi connectivity index (χ3v) is 5.31. The maximum atomic E-state index is 13.0. The molecule has 0 radical (unpaired) electrons. The molecule has 2 amide bonds. The third-order valence-electron chi connectivity index (χ3n) is 4.21. The van der Waals surface area contributed by atoms with Gasteiger partial charge in [0.25, 0.3) is 11.5 Å². The van der Waals surface area contributed by atoms with Gasteiger partial charge in [-0.2, -0.15) is 13.2 Å². The van der Waals surface area contributed by atoms with Crippen molar-refractivity contribution in [3.05, 3.63) is 62.0 Å². The molecule has 0 aliphatic rings. The number of thiophene rings is 1. The quantitative estimate of drug-likeness (QED) is 0.563. The molecule has 0 saturated heterocycles. The van der Waals surface area contributed by atoms with Crippen LogP contribution < -0.4 is 16.4 Å². The third kappa shape index (κ3) is 4.29. The van der Waals surface area contributed by atoms with Gasteiger partial charge in [-0.05, 0) is 31.5 Å². The van der Waals surface area contributed by atoms with E-state index in [0.717, 1.165) is 28.6 Å². The van der Waals surface area contributed by atoms with Gasteiger partial charge in [-0.3, -0.25) is 25.2 Å². The Morgan fingerprint density at radius 1 is 1.17 bits per heavy atom. The fourth-order valence-corrected chi connectivity index (χ4v) is 3.75. The van der Waals surface area contributed by atoms with Gasteiger partial charge in [-0.1, -0.05) is 12.1 Å². The van der Waals surface area contributed by atoms with E-state index in [9.17, 15) is 27.6 Å². The standard InChI is InChI=1S/C18H15F3N4O3S/c1-8-9(2)29-17-14(8)16(28)22-12(23-17)7-13(26)24-25-15(27)10-5-3-4-6-11(10)18(19,20)21/h3-6H,7H2,1-2H3,(H,24,26)(H,25,27)(H,22,23,28). The lowest BCUT2D eigenvalue weighted by molar-refractivity contribution is -0.137. The van der Waals surface area contributed by atoms with E-state index >= 15 is 0 Å². The number of hydrogen-bond donors (Lipinski definition) is 3. The monoisotopic (exact) mass is 424 g/mol. The fourth-order valence-electron chi connectivity index (χ4n) is 2.70. The molecular weight excluding hydrogens is 409 g/mol. The number of aromatic amines is 1. The number of halogens is 3. The van der Waals surface area contributed by atoms with Gasteiger partial charge in [0.05, 0.1) is 22.9 Å². The van der Waals surface area contributed by atoms with Crippen LogP contribution in [0.3, 0.4) is 0 Å². The molecule has 29 heavy (non-hydrogen) atoms. The summed E-state index contributed by atoms with van der Waals surface area (Å²) in [6.45, 7) is 3.65. The van der Waals surface area contributed by atoms with Crippen LogP contribution in [0, 0.1) is 13.8 Å². The molecule has 3 rings (SSSR count). The van der Waals surface area contributed by atoms with Crippen LogP contribution in [-0.2, 0) is 17.4 Å². The molecule has 152 valence electrons. The van der Waals surface area contributed by atoms with Crippen LogP contribution in [0.15, 0.2) is 29.1 Å². The van der Waals surface area contributed by atoms with Gasteiger partial charge in [0.1, 0.15) is 10.7 Å². The highest BCUT2D eigenvalue weighted by Gasteiger charge is 2.34. The predicted octanol–water partition coefficient (Wildman–Crippen LogP) is 2.62. The van der Waals surface area contributed by atoms with E-state index in [1.807, 2.05) is 17.8 Å². The average Bonchev–Trinajstić information content (AvgIpc) is 2.93. The fraction of sp³-hybridized carbons (Fsp3) is 0.222. The molecule has 0 aliphatic carbocycles. The summed E-state index contributed by atoms with van der Waals surface area (Å²) in [6, 6.07) is 4.20. The number of nitrogens with zero attached hydrogens (tertiary/aromatic N) is 1. The Balaban J connectivity index is 1.70. The molecule has 0 aliphatic heterocycles. The summed E-state index contributed by atoms with van der Waals surface area (Å²) in [7, 11) is 0. The van der Waals surface area contributed by atoms with Crippen LogP contribution >= 0.6 is 11.3 Å². The van der Waals surface area contributed by atoms with Crippen LogP contribution in [0.25, 0.3) is 10.2 Å². The summed E-state index contributed by atoms with van der Waals surface area (Å²) in [5.74, 6) is -1.80. The molecule has 0 unspecified atom stereocenters. The lowest BCUT2D eigenvalue weighted by Gasteiger charge is -2.13. The molecule has 0 spiro atoms. The molecule has 0 bridgehead atoms.